The Balaban J connectivity index is 1.64. The van der Waals surface area contributed by atoms with Gasteiger partial charge in [0.05, 0.1) is 0 Å². The standard InChI is InChI=1S/C21H38N2/c1-14-9-16(3)20(17(4)10-14)22-7-8-23(13-22)21-18(5)11-15(2)12-19(21)6/h14-21H,7-12H2,1-6H3/t14?,15?,16-,17-,18-,19-,20?,21?/m1/s1. The highest BCUT2D eigenvalue weighted by atomic mass is 15.4. The lowest BCUT2D eigenvalue weighted by molar-refractivity contribution is 0.0513. The van der Waals surface area contributed by atoms with Crippen molar-refractivity contribution < 1.29 is 0 Å². The molecular formula is C21H38N2. The average Bonchev–Trinajstić information content (AvgIpc) is 2.85. The van der Waals surface area contributed by atoms with Crippen molar-refractivity contribution in [2.24, 2.45) is 35.5 Å². The van der Waals surface area contributed by atoms with Gasteiger partial charge in [0.2, 0.25) is 0 Å². The molecule has 132 valence electrons. The molecule has 2 nitrogen and oxygen atoms in total. The molecule has 0 aromatic heterocycles. The van der Waals surface area contributed by atoms with Gasteiger partial charge in [-0.25, -0.2) is 0 Å². The molecule has 2 saturated carbocycles. The van der Waals surface area contributed by atoms with Crippen LogP contribution in [-0.4, -0.2) is 35.0 Å². The van der Waals surface area contributed by atoms with E-state index in [0.29, 0.717) is 12.1 Å². The van der Waals surface area contributed by atoms with Crippen molar-refractivity contribution in [3.05, 3.63) is 6.67 Å². The Bertz CT molecular complexity index is 335. The van der Waals surface area contributed by atoms with E-state index in [2.05, 4.69) is 58.0 Å². The third-order valence-corrected chi connectivity index (χ3v) is 6.99. The smallest absolute Gasteiger partial charge is 0.147 e. The number of hydrogen-bond acceptors (Lipinski definition) is 2. The summed E-state index contributed by atoms with van der Waals surface area (Å²) in [4.78, 5) is 5.19. The van der Waals surface area contributed by atoms with Crippen molar-refractivity contribution in [1.29, 1.82) is 0 Å². The summed E-state index contributed by atoms with van der Waals surface area (Å²) in [5.74, 6) is 5.03. The first kappa shape index (κ1) is 17.7. The van der Waals surface area contributed by atoms with Gasteiger partial charge in [-0.15, -0.1) is 0 Å². The van der Waals surface area contributed by atoms with Crippen LogP contribution in [0.2, 0.25) is 0 Å². The lowest BCUT2D eigenvalue weighted by atomic mass is 9.73. The quantitative estimate of drug-likeness (QED) is 0.725. The Morgan fingerprint density at radius 2 is 0.870 bits per heavy atom. The predicted octanol–water partition coefficient (Wildman–Crippen LogP) is 4.74. The molecule has 3 aliphatic rings. The van der Waals surface area contributed by atoms with Crippen molar-refractivity contribution in [2.75, 3.05) is 13.1 Å². The van der Waals surface area contributed by atoms with Gasteiger partial charge in [0, 0.05) is 25.2 Å². The van der Waals surface area contributed by atoms with Crippen LogP contribution in [0.3, 0.4) is 0 Å². The summed E-state index contributed by atoms with van der Waals surface area (Å²) in [5, 5.41) is 0. The van der Waals surface area contributed by atoms with E-state index in [1.807, 2.05) is 0 Å². The Morgan fingerprint density at radius 1 is 0.565 bits per heavy atom. The molecule has 1 aliphatic heterocycles. The topological polar surface area (TPSA) is 6.48 Å². The number of rotatable bonds is 2. The zero-order valence-electron chi connectivity index (χ0n) is 16.3. The van der Waals surface area contributed by atoms with Gasteiger partial charge < -0.3 is 0 Å². The Labute approximate surface area is 145 Å². The van der Waals surface area contributed by atoms with Gasteiger partial charge in [0.1, 0.15) is 6.67 Å². The van der Waals surface area contributed by atoms with Crippen molar-refractivity contribution in [3.8, 4) is 0 Å². The molecule has 3 rings (SSSR count). The highest BCUT2D eigenvalue weighted by Crippen LogP contribution is 2.41. The SMILES string of the molecule is CC1C[C@@H](C)C(N2[C]N(C3[C@H](C)CC(C)C[C@H]3C)CC2)[C@H](C)C1. The van der Waals surface area contributed by atoms with Crippen LogP contribution in [0.5, 0.6) is 0 Å². The van der Waals surface area contributed by atoms with E-state index in [1.54, 1.807) is 0 Å². The van der Waals surface area contributed by atoms with Crippen LogP contribution in [0.15, 0.2) is 0 Å². The number of nitrogens with zero attached hydrogens (tertiary/aromatic N) is 2. The third kappa shape index (κ3) is 3.63. The second kappa shape index (κ2) is 7.04. The van der Waals surface area contributed by atoms with E-state index in [-0.39, 0.29) is 0 Å². The summed E-state index contributed by atoms with van der Waals surface area (Å²) in [6, 6.07) is 1.42. The van der Waals surface area contributed by atoms with Crippen LogP contribution in [0.25, 0.3) is 0 Å². The molecule has 0 spiro atoms. The van der Waals surface area contributed by atoms with Gasteiger partial charge in [0.15, 0.2) is 0 Å². The predicted molar refractivity (Wildman–Crippen MR) is 97.7 cm³/mol. The molecule has 0 N–H and O–H groups in total. The molecule has 4 atom stereocenters. The van der Waals surface area contributed by atoms with Gasteiger partial charge in [0.25, 0.3) is 0 Å². The average molecular weight is 319 g/mol. The zero-order chi connectivity index (χ0) is 16.7. The summed E-state index contributed by atoms with van der Waals surface area (Å²) >= 11 is 0. The van der Waals surface area contributed by atoms with Crippen LogP contribution in [0.1, 0.15) is 67.2 Å². The summed E-state index contributed by atoms with van der Waals surface area (Å²) in [7, 11) is 0. The van der Waals surface area contributed by atoms with Crippen molar-refractivity contribution in [1.82, 2.24) is 9.80 Å². The molecule has 0 bridgehead atoms. The summed E-state index contributed by atoms with van der Waals surface area (Å²) in [6.45, 7) is 21.0. The van der Waals surface area contributed by atoms with Crippen LogP contribution < -0.4 is 0 Å². The van der Waals surface area contributed by atoms with E-state index in [9.17, 15) is 0 Å². The normalized spacial score (nSPS) is 50.3. The van der Waals surface area contributed by atoms with E-state index in [1.165, 1.54) is 38.8 Å². The molecule has 0 aromatic rings. The van der Waals surface area contributed by atoms with Gasteiger partial charge in [-0.1, -0.05) is 41.5 Å². The first-order chi connectivity index (χ1) is 10.9. The molecule has 0 aromatic carbocycles. The maximum atomic E-state index is 3.85. The van der Waals surface area contributed by atoms with E-state index in [4.69, 9.17) is 0 Å². The minimum absolute atomic E-state index is 0.712. The maximum Gasteiger partial charge on any atom is 0.147 e. The van der Waals surface area contributed by atoms with E-state index >= 15 is 0 Å². The van der Waals surface area contributed by atoms with Gasteiger partial charge in [-0.3, -0.25) is 9.80 Å². The molecule has 2 aliphatic carbocycles. The Hall–Kier alpha value is -0.0800. The molecule has 1 heterocycles. The van der Waals surface area contributed by atoms with Crippen LogP contribution in [-0.2, 0) is 0 Å². The lowest BCUT2D eigenvalue weighted by Crippen LogP contribution is -2.48. The van der Waals surface area contributed by atoms with Crippen molar-refractivity contribution >= 4 is 0 Å². The Morgan fingerprint density at radius 3 is 1.17 bits per heavy atom. The maximum absolute atomic E-state index is 3.85. The highest BCUT2D eigenvalue weighted by molar-refractivity contribution is 4.98. The molecule has 2 heteroatoms. The van der Waals surface area contributed by atoms with Gasteiger partial charge >= 0.3 is 0 Å². The van der Waals surface area contributed by atoms with E-state index < -0.39 is 0 Å². The highest BCUT2D eigenvalue weighted by Gasteiger charge is 2.43. The van der Waals surface area contributed by atoms with E-state index in [0.717, 1.165) is 35.5 Å². The fourth-order valence-electron chi connectivity index (χ4n) is 6.55. The van der Waals surface area contributed by atoms with Crippen LogP contribution >= 0.6 is 0 Å². The van der Waals surface area contributed by atoms with Gasteiger partial charge in [-0.2, -0.15) is 0 Å². The third-order valence-electron chi connectivity index (χ3n) is 6.99. The minimum Gasteiger partial charge on any atom is -0.275 e. The minimum atomic E-state index is 0.712. The first-order valence-corrected chi connectivity index (χ1v) is 10.2. The summed E-state index contributed by atoms with van der Waals surface area (Å²) in [6.07, 6.45) is 5.56. The zero-order valence-corrected chi connectivity index (χ0v) is 16.3. The van der Waals surface area contributed by atoms with Gasteiger partial charge in [-0.05, 0) is 61.2 Å². The fraction of sp³-hybridized carbons (Fsp3) is 0.952. The first-order valence-electron chi connectivity index (χ1n) is 10.2. The number of hydrogen-bond donors (Lipinski definition) is 0. The fourth-order valence-corrected chi connectivity index (χ4v) is 6.55. The summed E-state index contributed by atoms with van der Waals surface area (Å²) < 4.78 is 0. The lowest BCUT2D eigenvalue weighted by Gasteiger charge is -2.44. The monoisotopic (exact) mass is 318 g/mol. The molecule has 3 fully saturated rings. The largest absolute Gasteiger partial charge is 0.275 e. The molecule has 0 unspecified atom stereocenters. The molecule has 2 radical (unpaired) electrons. The molecule has 0 amide bonds. The molecule has 1 saturated heterocycles. The van der Waals surface area contributed by atoms with Crippen molar-refractivity contribution in [2.45, 2.75) is 79.3 Å². The second-order valence-corrected chi connectivity index (χ2v) is 9.53. The van der Waals surface area contributed by atoms with Crippen LogP contribution in [0, 0.1) is 42.2 Å². The van der Waals surface area contributed by atoms with Crippen LogP contribution in [0.4, 0.5) is 0 Å². The molecular weight excluding hydrogens is 280 g/mol. The molecule has 23 heavy (non-hydrogen) atoms. The summed E-state index contributed by atoms with van der Waals surface area (Å²) in [5.41, 5.74) is 0. The van der Waals surface area contributed by atoms with Crippen molar-refractivity contribution in [3.63, 3.8) is 0 Å². The second-order valence-electron chi connectivity index (χ2n) is 9.53. The Kier molecular flexibility index (Phi) is 5.43.